The van der Waals surface area contributed by atoms with Gasteiger partial charge in [0.2, 0.25) is 0 Å². The number of thioether (sulfide) groups is 1. The van der Waals surface area contributed by atoms with Gasteiger partial charge < -0.3 is 5.32 Å². The van der Waals surface area contributed by atoms with Crippen LogP contribution in [0.3, 0.4) is 0 Å². The highest BCUT2D eigenvalue weighted by molar-refractivity contribution is 9.10. The molecule has 0 radical (unpaired) electrons. The number of rotatable bonds is 4. The number of anilines is 1. The maximum absolute atomic E-state index is 4.17. The number of aromatic nitrogens is 2. The van der Waals surface area contributed by atoms with Crippen molar-refractivity contribution in [2.24, 2.45) is 0 Å². The van der Waals surface area contributed by atoms with Crippen LogP contribution in [0.15, 0.2) is 17.0 Å². The molecule has 0 spiro atoms. The normalized spacial score (nSPS) is 17.9. The topological polar surface area (TPSA) is 37.8 Å². The Balaban J connectivity index is 1.95. The fourth-order valence-electron chi connectivity index (χ4n) is 1.28. The first kappa shape index (κ1) is 10.2. The molecule has 5 heteroatoms. The summed E-state index contributed by atoms with van der Waals surface area (Å²) in [4.78, 5) is 8.09. The SMILES string of the molecule is CSC1(CNc2ncncc2Br)CC1. The first-order chi connectivity index (χ1) is 6.76. The van der Waals surface area contributed by atoms with E-state index in [2.05, 4.69) is 37.5 Å². The van der Waals surface area contributed by atoms with E-state index in [0.29, 0.717) is 4.75 Å². The van der Waals surface area contributed by atoms with Gasteiger partial charge in [-0.3, -0.25) is 0 Å². The molecule has 76 valence electrons. The molecule has 3 nitrogen and oxygen atoms in total. The molecule has 1 N–H and O–H groups in total. The Hall–Kier alpha value is -0.290. The van der Waals surface area contributed by atoms with Crippen molar-refractivity contribution in [1.82, 2.24) is 9.97 Å². The van der Waals surface area contributed by atoms with Crippen molar-refractivity contribution in [2.45, 2.75) is 17.6 Å². The van der Waals surface area contributed by atoms with E-state index in [1.54, 1.807) is 12.5 Å². The number of hydrogen-bond acceptors (Lipinski definition) is 4. The zero-order valence-electron chi connectivity index (χ0n) is 7.96. The van der Waals surface area contributed by atoms with Gasteiger partial charge in [-0.2, -0.15) is 11.8 Å². The lowest BCUT2D eigenvalue weighted by Gasteiger charge is -2.13. The third-order valence-corrected chi connectivity index (χ3v) is 4.49. The third-order valence-electron chi connectivity index (χ3n) is 2.49. The first-order valence-electron chi connectivity index (χ1n) is 4.50. The van der Waals surface area contributed by atoms with Gasteiger partial charge >= 0.3 is 0 Å². The molecule has 1 fully saturated rings. The van der Waals surface area contributed by atoms with E-state index in [4.69, 9.17) is 0 Å². The summed E-state index contributed by atoms with van der Waals surface area (Å²) in [6.07, 6.45) is 8.11. The number of nitrogens with one attached hydrogen (secondary N) is 1. The van der Waals surface area contributed by atoms with Gasteiger partial charge in [-0.05, 0) is 35.0 Å². The largest absolute Gasteiger partial charge is 0.368 e. The van der Waals surface area contributed by atoms with E-state index in [-0.39, 0.29) is 0 Å². The van der Waals surface area contributed by atoms with Crippen LogP contribution in [-0.4, -0.2) is 27.5 Å². The van der Waals surface area contributed by atoms with E-state index in [1.165, 1.54) is 12.8 Å². The lowest BCUT2D eigenvalue weighted by atomic mass is 10.4. The van der Waals surface area contributed by atoms with Crippen LogP contribution in [0.4, 0.5) is 5.82 Å². The van der Waals surface area contributed by atoms with Gasteiger partial charge in [-0.15, -0.1) is 0 Å². The van der Waals surface area contributed by atoms with Crippen molar-refractivity contribution in [3.05, 3.63) is 17.0 Å². The van der Waals surface area contributed by atoms with Crippen LogP contribution < -0.4 is 5.32 Å². The lowest BCUT2D eigenvalue weighted by Crippen LogP contribution is -2.18. The van der Waals surface area contributed by atoms with Gasteiger partial charge in [0.15, 0.2) is 0 Å². The minimum absolute atomic E-state index is 0.463. The fraction of sp³-hybridized carbons (Fsp3) is 0.556. The molecule has 0 aliphatic heterocycles. The fourth-order valence-corrected chi connectivity index (χ4v) is 2.37. The summed E-state index contributed by atoms with van der Waals surface area (Å²) in [5, 5.41) is 3.35. The number of nitrogens with zero attached hydrogens (tertiary/aromatic N) is 2. The molecular weight excluding hydrogens is 262 g/mol. The zero-order chi connectivity index (χ0) is 10.0. The molecule has 0 amide bonds. The van der Waals surface area contributed by atoms with E-state index >= 15 is 0 Å². The van der Waals surface area contributed by atoms with Crippen LogP contribution in [0.1, 0.15) is 12.8 Å². The predicted molar refractivity (Wildman–Crippen MR) is 63.7 cm³/mol. The lowest BCUT2D eigenvalue weighted by molar-refractivity contribution is 0.935. The highest BCUT2D eigenvalue weighted by Crippen LogP contribution is 2.47. The van der Waals surface area contributed by atoms with Crippen LogP contribution in [0.25, 0.3) is 0 Å². The van der Waals surface area contributed by atoms with E-state index < -0.39 is 0 Å². The molecule has 14 heavy (non-hydrogen) atoms. The number of halogens is 1. The molecule has 2 rings (SSSR count). The maximum atomic E-state index is 4.17. The van der Waals surface area contributed by atoms with Gasteiger partial charge in [-0.1, -0.05) is 0 Å². The summed E-state index contributed by atoms with van der Waals surface area (Å²) in [6, 6.07) is 0. The maximum Gasteiger partial charge on any atom is 0.143 e. The number of hydrogen-bond donors (Lipinski definition) is 1. The van der Waals surface area contributed by atoms with Crippen molar-refractivity contribution in [1.29, 1.82) is 0 Å². The quantitative estimate of drug-likeness (QED) is 0.915. The molecule has 0 bridgehead atoms. The van der Waals surface area contributed by atoms with Crippen molar-refractivity contribution >= 4 is 33.5 Å². The molecule has 1 aromatic heterocycles. The Kier molecular flexibility index (Phi) is 2.97. The minimum atomic E-state index is 0.463. The van der Waals surface area contributed by atoms with Crippen LogP contribution in [-0.2, 0) is 0 Å². The smallest absolute Gasteiger partial charge is 0.143 e. The Morgan fingerprint density at radius 3 is 3.00 bits per heavy atom. The van der Waals surface area contributed by atoms with Crippen LogP contribution >= 0.6 is 27.7 Å². The van der Waals surface area contributed by atoms with E-state index in [1.807, 2.05) is 11.8 Å². The standard InChI is InChI=1S/C9H12BrN3S/c1-14-9(2-3-9)5-12-8-7(10)4-11-6-13-8/h4,6H,2-3,5H2,1H3,(H,11,12,13). The van der Waals surface area contributed by atoms with Gasteiger partial charge in [-0.25, -0.2) is 9.97 Å². The molecule has 1 heterocycles. The molecule has 1 aromatic rings. The molecule has 0 unspecified atom stereocenters. The second-order valence-electron chi connectivity index (χ2n) is 3.46. The highest BCUT2D eigenvalue weighted by atomic mass is 79.9. The van der Waals surface area contributed by atoms with Gasteiger partial charge in [0, 0.05) is 17.5 Å². The Bertz CT molecular complexity index is 328. The molecular formula is C9H12BrN3S. The van der Waals surface area contributed by atoms with Gasteiger partial charge in [0.1, 0.15) is 12.1 Å². The average Bonchev–Trinajstić information content (AvgIpc) is 2.98. The van der Waals surface area contributed by atoms with Gasteiger partial charge in [0.05, 0.1) is 4.47 Å². The predicted octanol–water partition coefficient (Wildman–Crippen LogP) is 2.55. The molecule has 1 aliphatic carbocycles. The second-order valence-corrected chi connectivity index (χ2v) is 5.59. The van der Waals surface area contributed by atoms with Crippen LogP contribution in [0.5, 0.6) is 0 Å². The Morgan fingerprint density at radius 1 is 1.64 bits per heavy atom. The molecule has 0 atom stereocenters. The highest BCUT2D eigenvalue weighted by Gasteiger charge is 2.41. The monoisotopic (exact) mass is 273 g/mol. The molecule has 1 saturated carbocycles. The summed E-state index contributed by atoms with van der Waals surface area (Å²) in [5.41, 5.74) is 0. The van der Waals surface area contributed by atoms with Crippen LogP contribution in [0.2, 0.25) is 0 Å². The van der Waals surface area contributed by atoms with Crippen molar-refractivity contribution in [2.75, 3.05) is 18.1 Å². The Labute approximate surface area is 96.2 Å². The summed E-state index contributed by atoms with van der Waals surface area (Å²) < 4.78 is 1.39. The van der Waals surface area contributed by atoms with Crippen molar-refractivity contribution < 1.29 is 0 Å². The first-order valence-corrected chi connectivity index (χ1v) is 6.52. The molecule has 0 saturated heterocycles. The summed E-state index contributed by atoms with van der Waals surface area (Å²) in [5.74, 6) is 0.889. The van der Waals surface area contributed by atoms with Crippen LogP contribution in [0, 0.1) is 0 Å². The summed E-state index contributed by atoms with van der Waals surface area (Å²) >= 11 is 5.35. The molecule has 1 aliphatic rings. The zero-order valence-corrected chi connectivity index (χ0v) is 10.4. The van der Waals surface area contributed by atoms with E-state index in [0.717, 1.165) is 16.8 Å². The van der Waals surface area contributed by atoms with E-state index in [9.17, 15) is 0 Å². The molecule has 0 aromatic carbocycles. The van der Waals surface area contributed by atoms with Gasteiger partial charge in [0.25, 0.3) is 0 Å². The average molecular weight is 274 g/mol. The van der Waals surface area contributed by atoms with Crippen molar-refractivity contribution in [3.8, 4) is 0 Å². The third kappa shape index (κ3) is 2.20. The Morgan fingerprint density at radius 2 is 2.43 bits per heavy atom. The summed E-state index contributed by atoms with van der Waals surface area (Å²) in [6.45, 7) is 0.990. The van der Waals surface area contributed by atoms with Crippen molar-refractivity contribution in [3.63, 3.8) is 0 Å². The second kappa shape index (κ2) is 4.06. The minimum Gasteiger partial charge on any atom is -0.368 e. The summed E-state index contributed by atoms with van der Waals surface area (Å²) in [7, 11) is 0.